The van der Waals surface area contributed by atoms with Gasteiger partial charge in [0.05, 0.1) is 0 Å². The van der Waals surface area contributed by atoms with Gasteiger partial charge < -0.3 is 0 Å². The lowest BCUT2D eigenvalue weighted by Crippen LogP contribution is -2.30. The third-order valence-corrected chi connectivity index (χ3v) is 1.38. The normalized spacial score (nSPS) is 7.86. The van der Waals surface area contributed by atoms with Crippen LogP contribution in [0.5, 0.6) is 0 Å². The Morgan fingerprint density at radius 2 is 1.14 bits per heavy atom. The number of nitrogens with one attached hydrogen (secondary N) is 2. The van der Waals surface area contributed by atoms with E-state index in [4.69, 9.17) is 11.7 Å². The first-order valence-corrected chi connectivity index (χ1v) is 3.69. The second kappa shape index (κ2) is 12.4. The fourth-order valence-electron chi connectivity index (χ4n) is 0.715. The largest absolute Gasteiger partial charge is 0.294 e. The monoisotopic (exact) mass is 246 g/mol. The summed E-state index contributed by atoms with van der Waals surface area (Å²) in [5.41, 5.74) is 4.01. The predicted octanol–water partition coefficient (Wildman–Crippen LogP) is -0.630. The number of nitrogens with two attached hydrogens (primary N) is 2. The van der Waals surface area contributed by atoms with E-state index in [2.05, 4.69) is 0 Å². The molecule has 0 aromatic rings. The van der Waals surface area contributed by atoms with E-state index in [1.54, 1.807) is 0 Å². The molecule has 0 fully saturated rings. The molecule has 6 nitrogen and oxygen atoms in total. The second-order valence-corrected chi connectivity index (χ2v) is 2.34. The molecule has 0 aliphatic carbocycles. The minimum absolute atomic E-state index is 0. The van der Waals surface area contributed by atoms with Gasteiger partial charge in [0.2, 0.25) is 11.8 Å². The lowest BCUT2D eigenvalue weighted by Gasteiger charge is -1.99. The smallest absolute Gasteiger partial charge is 0.233 e. The van der Waals surface area contributed by atoms with Gasteiger partial charge in [-0.05, 0) is 12.8 Å². The minimum Gasteiger partial charge on any atom is -0.294 e. The topological polar surface area (TPSA) is 110 Å². The Bertz CT molecular complexity index is 150. The molecular formula is C6H16Cl2N4O2. The molecule has 0 saturated heterocycles. The molecule has 0 rings (SSSR count). The number of unbranched alkanes of at least 4 members (excludes halogenated alkanes) is 1. The molecule has 0 atom stereocenters. The van der Waals surface area contributed by atoms with E-state index in [1.165, 1.54) is 0 Å². The molecule has 2 amide bonds. The van der Waals surface area contributed by atoms with Crippen molar-refractivity contribution in [2.45, 2.75) is 25.7 Å². The highest BCUT2D eigenvalue weighted by Crippen LogP contribution is 1.98. The summed E-state index contributed by atoms with van der Waals surface area (Å²) in [6, 6.07) is 0. The van der Waals surface area contributed by atoms with Crippen molar-refractivity contribution in [2.24, 2.45) is 11.7 Å². The maximum atomic E-state index is 10.6. The summed E-state index contributed by atoms with van der Waals surface area (Å²) in [5, 5.41) is 0. The van der Waals surface area contributed by atoms with Gasteiger partial charge >= 0.3 is 0 Å². The maximum absolute atomic E-state index is 10.6. The van der Waals surface area contributed by atoms with Gasteiger partial charge in [-0.15, -0.1) is 24.8 Å². The summed E-state index contributed by atoms with van der Waals surface area (Å²) in [4.78, 5) is 21.1. The van der Waals surface area contributed by atoms with E-state index >= 15 is 0 Å². The van der Waals surface area contributed by atoms with Gasteiger partial charge in [-0.3, -0.25) is 20.4 Å². The highest BCUT2D eigenvalue weighted by atomic mass is 35.5. The lowest BCUT2D eigenvalue weighted by molar-refractivity contribution is -0.123. The summed E-state index contributed by atoms with van der Waals surface area (Å²) in [6.07, 6.45) is 1.95. The molecule has 0 bridgehead atoms. The summed E-state index contributed by atoms with van der Waals surface area (Å²) in [5.74, 6) is 9.24. The molecule has 0 spiro atoms. The first-order valence-electron chi connectivity index (χ1n) is 3.69. The van der Waals surface area contributed by atoms with Crippen molar-refractivity contribution in [1.29, 1.82) is 0 Å². The van der Waals surface area contributed by atoms with E-state index in [-0.39, 0.29) is 36.6 Å². The molecule has 0 unspecified atom stereocenters. The minimum atomic E-state index is -0.219. The third-order valence-electron chi connectivity index (χ3n) is 1.38. The highest BCUT2D eigenvalue weighted by Gasteiger charge is 2.00. The first-order chi connectivity index (χ1) is 5.70. The molecule has 6 N–H and O–H groups in total. The van der Waals surface area contributed by atoms with Gasteiger partial charge in [0.15, 0.2) is 0 Å². The van der Waals surface area contributed by atoms with Crippen LogP contribution in [0.1, 0.15) is 25.7 Å². The van der Waals surface area contributed by atoms with Gasteiger partial charge in [0, 0.05) is 12.8 Å². The average molecular weight is 247 g/mol. The fraction of sp³-hybridized carbons (Fsp3) is 0.667. The first kappa shape index (κ1) is 19.1. The standard InChI is InChI=1S/C6H14N4O2.2ClH/c7-9-5(11)3-1-2-4-6(12)10-8;;/h1-4,7-8H2,(H,9,11)(H,10,12);2*1H. The molecule has 0 saturated carbocycles. The zero-order chi connectivity index (χ0) is 9.40. The molecule has 0 aliphatic rings. The molecule has 86 valence electrons. The van der Waals surface area contributed by atoms with Crippen LogP contribution >= 0.6 is 24.8 Å². The van der Waals surface area contributed by atoms with Crippen molar-refractivity contribution >= 4 is 36.6 Å². The summed E-state index contributed by atoms with van der Waals surface area (Å²) in [6.45, 7) is 0. The van der Waals surface area contributed by atoms with E-state index < -0.39 is 0 Å². The van der Waals surface area contributed by atoms with E-state index in [0.29, 0.717) is 25.7 Å². The molecule has 14 heavy (non-hydrogen) atoms. The number of carbonyl (C=O) groups excluding carboxylic acids is 2. The quantitative estimate of drug-likeness (QED) is 0.224. The van der Waals surface area contributed by atoms with Crippen molar-refractivity contribution in [2.75, 3.05) is 0 Å². The Morgan fingerprint density at radius 1 is 0.857 bits per heavy atom. The number of halogens is 2. The van der Waals surface area contributed by atoms with Crippen molar-refractivity contribution < 1.29 is 9.59 Å². The van der Waals surface area contributed by atoms with Crippen molar-refractivity contribution in [1.82, 2.24) is 10.9 Å². The molecule has 8 heteroatoms. The van der Waals surface area contributed by atoms with Crippen LogP contribution in [0.2, 0.25) is 0 Å². The maximum Gasteiger partial charge on any atom is 0.233 e. The predicted molar refractivity (Wildman–Crippen MR) is 57.6 cm³/mol. The van der Waals surface area contributed by atoms with Crippen LogP contribution in [-0.4, -0.2) is 11.8 Å². The zero-order valence-electron chi connectivity index (χ0n) is 7.62. The van der Waals surface area contributed by atoms with Crippen LogP contribution in [-0.2, 0) is 9.59 Å². The number of hydrogen-bond donors (Lipinski definition) is 4. The van der Waals surface area contributed by atoms with Gasteiger partial charge in [0.25, 0.3) is 0 Å². The van der Waals surface area contributed by atoms with Crippen LogP contribution in [0.15, 0.2) is 0 Å². The molecule has 0 aliphatic heterocycles. The lowest BCUT2D eigenvalue weighted by atomic mass is 10.2. The van der Waals surface area contributed by atoms with Gasteiger partial charge in [0.1, 0.15) is 0 Å². The Labute approximate surface area is 94.9 Å². The van der Waals surface area contributed by atoms with Crippen LogP contribution in [0.4, 0.5) is 0 Å². The van der Waals surface area contributed by atoms with E-state index in [1.807, 2.05) is 10.9 Å². The number of rotatable bonds is 5. The Morgan fingerprint density at radius 3 is 1.36 bits per heavy atom. The number of hydrogen-bond acceptors (Lipinski definition) is 4. The van der Waals surface area contributed by atoms with Gasteiger partial charge in [-0.25, -0.2) is 11.7 Å². The Kier molecular flexibility index (Phi) is 17.0. The van der Waals surface area contributed by atoms with Crippen LogP contribution < -0.4 is 22.5 Å². The number of amides is 2. The molecule has 0 radical (unpaired) electrons. The summed E-state index contributed by atoms with van der Waals surface area (Å²) in [7, 11) is 0. The van der Waals surface area contributed by atoms with E-state index in [0.717, 1.165) is 0 Å². The molecule has 0 heterocycles. The van der Waals surface area contributed by atoms with Gasteiger partial charge in [-0.2, -0.15) is 0 Å². The van der Waals surface area contributed by atoms with Crippen LogP contribution in [0.25, 0.3) is 0 Å². The Hall–Kier alpha value is -0.560. The zero-order valence-corrected chi connectivity index (χ0v) is 9.25. The van der Waals surface area contributed by atoms with Crippen molar-refractivity contribution in [3.8, 4) is 0 Å². The van der Waals surface area contributed by atoms with Crippen molar-refractivity contribution in [3.63, 3.8) is 0 Å². The fourth-order valence-corrected chi connectivity index (χ4v) is 0.715. The number of hydrazine groups is 2. The Balaban J connectivity index is -0.000000605. The second-order valence-electron chi connectivity index (χ2n) is 2.34. The van der Waals surface area contributed by atoms with Crippen LogP contribution in [0.3, 0.4) is 0 Å². The average Bonchev–Trinajstić information content (AvgIpc) is 2.11. The van der Waals surface area contributed by atoms with Gasteiger partial charge in [-0.1, -0.05) is 0 Å². The number of carbonyl (C=O) groups is 2. The molecule has 0 aromatic heterocycles. The molecule has 0 aromatic carbocycles. The van der Waals surface area contributed by atoms with Crippen molar-refractivity contribution in [3.05, 3.63) is 0 Å². The summed E-state index contributed by atoms with van der Waals surface area (Å²) >= 11 is 0. The molecular weight excluding hydrogens is 231 g/mol. The SMILES string of the molecule is Cl.Cl.NNC(=O)CCCCC(=O)NN. The highest BCUT2D eigenvalue weighted by molar-refractivity contribution is 5.85. The van der Waals surface area contributed by atoms with Crippen LogP contribution in [0, 0.1) is 0 Å². The van der Waals surface area contributed by atoms with E-state index in [9.17, 15) is 9.59 Å². The summed E-state index contributed by atoms with van der Waals surface area (Å²) < 4.78 is 0. The third kappa shape index (κ3) is 11.4.